The Labute approximate surface area is 203 Å². The van der Waals surface area contributed by atoms with Gasteiger partial charge in [0.2, 0.25) is 7.83 Å². The standard InChI is InChI=1S/C30H40OSi2/c1-5-6-7-8-9-13-20-27(2)31-33(29-23-16-11-17-24-29,30-25-18-12-19-26-30)32(3,4)28-21-14-10-15-22-28/h10-27H,5-9H2,1-4H3/b20-13-/t27-/m1/s1. The van der Waals surface area contributed by atoms with Crippen LogP contribution in [0.5, 0.6) is 0 Å². The van der Waals surface area contributed by atoms with Gasteiger partial charge in [-0.3, -0.25) is 0 Å². The lowest BCUT2D eigenvalue weighted by Crippen LogP contribution is -2.80. The van der Waals surface area contributed by atoms with E-state index < -0.39 is 15.4 Å². The van der Waals surface area contributed by atoms with Crippen molar-refractivity contribution in [1.82, 2.24) is 0 Å². The van der Waals surface area contributed by atoms with E-state index in [1.807, 2.05) is 0 Å². The largest absolute Gasteiger partial charge is 0.404 e. The Kier molecular flexibility index (Phi) is 9.48. The zero-order valence-electron chi connectivity index (χ0n) is 20.8. The van der Waals surface area contributed by atoms with Gasteiger partial charge < -0.3 is 4.43 Å². The third-order valence-electron chi connectivity index (χ3n) is 6.73. The highest BCUT2D eigenvalue weighted by Crippen LogP contribution is 2.24. The quantitative estimate of drug-likeness (QED) is 0.169. The van der Waals surface area contributed by atoms with Crippen molar-refractivity contribution >= 4 is 31.0 Å². The summed E-state index contributed by atoms with van der Waals surface area (Å²) in [5.74, 6) is 0. The van der Waals surface area contributed by atoms with Gasteiger partial charge in [0.05, 0.1) is 6.10 Å². The van der Waals surface area contributed by atoms with Crippen molar-refractivity contribution in [3.05, 3.63) is 103 Å². The summed E-state index contributed by atoms with van der Waals surface area (Å²) in [6.07, 6.45) is 11.0. The van der Waals surface area contributed by atoms with Gasteiger partial charge in [-0.25, -0.2) is 0 Å². The van der Waals surface area contributed by atoms with E-state index in [-0.39, 0.29) is 6.10 Å². The summed E-state index contributed by atoms with van der Waals surface area (Å²) in [5.41, 5.74) is 0. The van der Waals surface area contributed by atoms with Crippen LogP contribution in [0.1, 0.15) is 46.0 Å². The Morgan fingerprint density at radius 3 is 1.67 bits per heavy atom. The average molecular weight is 473 g/mol. The van der Waals surface area contributed by atoms with E-state index in [0.29, 0.717) is 0 Å². The number of allylic oxidation sites excluding steroid dienone is 1. The summed E-state index contributed by atoms with van der Waals surface area (Å²) < 4.78 is 7.37. The molecule has 0 saturated carbocycles. The SMILES string of the molecule is CCCCCC/C=C\[C@@H](C)O[Si](c1ccccc1)(c1ccccc1)[Si](C)(C)c1ccccc1. The van der Waals surface area contributed by atoms with Crippen LogP contribution >= 0.6 is 0 Å². The molecule has 3 heteroatoms. The molecule has 0 amide bonds. The Bertz CT molecular complexity index is 928. The molecule has 3 rings (SSSR count). The van der Waals surface area contributed by atoms with Crippen molar-refractivity contribution in [2.75, 3.05) is 0 Å². The fraction of sp³-hybridized carbons (Fsp3) is 0.333. The molecule has 0 aliphatic heterocycles. The molecule has 0 aromatic heterocycles. The first-order valence-corrected chi connectivity index (χ1v) is 18.4. The second-order valence-corrected chi connectivity index (χ2v) is 21.9. The lowest BCUT2D eigenvalue weighted by atomic mass is 10.1. The van der Waals surface area contributed by atoms with Crippen LogP contribution in [0.3, 0.4) is 0 Å². The van der Waals surface area contributed by atoms with Gasteiger partial charge in [0, 0.05) is 0 Å². The predicted molar refractivity (Wildman–Crippen MR) is 150 cm³/mol. The van der Waals surface area contributed by atoms with Crippen molar-refractivity contribution in [3.8, 4) is 0 Å². The highest BCUT2D eigenvalue weighted by Gasteiger charge is 2.55. The summed E-state index contributed by atoms with van der Waals surface area (Å²) in [7, 11) is -4.66. The molecular weight excluding hydrogens is 433 g/mol. The molecule has 0 saturated heterocycles. The van der Waals surface area contributed by atoms with Gasteiger partial charge in [0.15, 0.2) is 0 Å². The number of unbranched alkanes of at least 4 members (excludes halogenated alkanes) is 4. The smallest absolute Gasteiger partial charge is 0.246 e. The number of rotatable bonds is 12. The van der Waals surface area contributed by atoms with E-state index in [9.17, 15) is 0 Å². The molecule has 33 heavy (non-hydrogen) atoms. The third kappa shape index (κ3) is 6.03. The molecule has 0 spiro atoms. The van der Waals surface area contributed by atoms with E-state index in [4.69, 9.17) is 4.43 Å². The number of benzene rings is 3. The fourth-order valence-electron chi connectivity index (χ4n) is 4.87. The maximum absolute atomic E-state index is 7.37. The lowest BCUT2D eigenvalue weighted by molar-refractivity contribution is 0.275. The van der Waals surface area contributed by atoms with Gasteiger partial charge in [-0.1, -0.05) is 148 Å². The maximum Gasteiger partial charge on any atom is 0.246 e. The van der Waals surface area contributed by atoms with Crippen LogP contribution in [0.15, 0.2) is 103 Å². The topological polar surface area (TPSA) is 9.23 Å². The molecule has 0 unspecified atom stereocenters. The van der Waals surface area contributed by atoms with Crippen molar-refractivity contribution in [3.63, 3.8) is 0 Å². The highest BCUT2D eigenvalue weighted by atomic mass is 29.3. The predicted octanol–water partition coefficient (Wildman–Crippen LogP) is 6.37. The van der Waals surface area contributed by atoms with Crippen molar-refractivity contribution in [2.45, 2.75) is 65.1 Å². The minimum absolute atomic E-state index is 0.0683. The minimum atomic E-state index is -2.57. The van der Waals surface area contributed by atoms with E-state index >= 15 is 0 Å². The maximum atomic E-state index is 7.37. The van der Waals surface area contributed by atoms with Gasteiger partial charge in [0.1, 0.15) is 7.59 Å². The monoisotopic (exact) mass is 472 g/mol. The van der Waals surface area contributed by atoms with E-state index in [2.05, 4.69) is 130 Å². The molecule has 0 aliphatic carbocycles. The Balaban J connectivity index is 2.06. The van der Waals surface area contributed by atoms with Gasteiger partial charge >= 0.3 is 0 Å². The molecule has 1 atom stereocenters. The summed E-state index contributed by atoms with van der Waals surface area (Å²) >= 11 is 0. The van der Waals surface area contributed by atoms with Crippen LogP contribution in [-0.2, 0) is 4.43 Å². The molecule has 1 nitrogen and oxygen atoms in total. The molecule has 0 heterocycles. The lowest BCUT2D eigenvalue weighted by Gasteiger charge is -2.45. The van der Waals surface area contributed by atoms with Crippen LogP contribution in [0.4, 0.5) is 0 Å². The third-order valence-corrected chi connectivity index (χ3v) is 21.5. The highest BCUT2D eigenvalue weighted by molar-refractivity contribution is 7.52. The molecular formula is C30H40OSi2. The fourth-order valence-corrected chi connectivity index (χ4v) is 19.1. The van der Waals surface area contributed by atoms with Crippen LogP contribution in [0.25, 0.3) is 0 Å². The first-order chi connectivity index (χ1) is 16.0. The number of hydrogen-bond acceptors (Lipinski definition) is 1. The molecule has 0 bridgehead atoms. The molecule has 3 aromatic carbocycles. The summed E-state index contributed by atoms with van der Waals surface area (Å²) in [6.45, 7) is 9.51. The molecule has 174 valence electrons. The molecule has 0 fully saturated rings. The Morgan fingerprint density at radius 1 is 0.697 bits per heavy atom. The first-order valence-electron chi connectivity index (χ1n) is 12.5. The molecule has 0 aliphatic rings. The second kappa shape index (κ2) is 12.3. The summed E-state index contributed by atoms with van der Waals surface area (Å²) in [4.78, 5) is 0. The van der Waals surface area contributed by atoms with Gasteiger partial charge in [-0.15, -0.1) is 0 Å². The zero-order chi connectivity index (χ0) is 23.6. The number of hydrogen-bond donors (Lipinski definition) is 0. The van der Waals surface area contributed by atoms with Gasteiger partial charge in [-0.2, -0.15) is 0 Å². The summed E-state index contributed by atoms with van der Waals surface area (Å²) in [6, 6.07) is 33.3. The molecule has 3 aromatic rings. The minimum Gasteiger partial charge on any atom is -0.404 e. The van der Waals surface area contributed by atoms with Crippen LogP contribution in [-0.4, -0.2) is 21.5 Å². The van der Waals surface area contributed by atoms with Gasteiger partial charge in [0.25, 0.3) is 0 Å². The van der Waals surface area contributed by atoms with Crippen molar-refractivity contribution in [1.29, 1.82) is 0 Å². The molecule has 0 radical (unpaired) electrons. The van der Waals surface area contributed by atoms with E-state index in [0.717, 1.165) is 6.42 Å². The average Bonchev–Trinajstić information content (AvgIpc) is 2.86. The van der Waals surface area contributed by atoms with Gasteiger partial charge in [-0.05, 0) is 30.1 Å². The normalized spacial score (nSPS) is 13.3. The first kappa shape index (κ1) is 25.4. The zero-order valence-corrected chi connectivity index (χ0v) is 22.8. The van der Waals surface area contributed by atoms with Crippen LogP contribution in [0, 0.1) is 0 Å². The van der Waals surface area contributed by atoms with E-state index in [1.54, 1.807) is 0 Å². The van der Waals surface area contributed by atoms with Crippen LogP contribution in [0.2, 0.25) is 13.1 Å². The van der Waals surface area contributed by atoms with Crippen molar-refractivity contribution in [2.24, 2.45) is 0 Å². The van der Waals surface area contributed by atoms with Crippen LogP contribution < -0.4 is 15.6 Å². The Hall–Kier alpha value is -2.21. The summed E-state index contributed by atoms with van der Waals surface area (Å²) in [5, 5.41) is 4.21. The van der Waals surface area contributed by atoms with Crippen molar-refractivity contribution < 1.29 is 4.43 Å². The van der Waals surface area contributed by atoms with E-state index in [1.165, 1.54) is 41.2 Å². The Morgan fingerprint density at radius 2 is 1.18 bits per heavy atom. The second-order valence-electron chi connectivity index (χ2n) is 9.50. The molecule has 0 N–H and O–H groups in total.